The molecule has 0 aliphatic carbocycles. The molecular weight excluding hydrogens is 517 g/mol. The van der Waals surface area contributed by atoms with Crippen molar-refractivity contribution in [3.8, 4) is 0 Å². The molecule has 3 aromatic rings. The minimum Gasteiger partial charge on any atom is -0.355 e. The van der Waals surface area contributed by atoms with Crippen molar-refractivity contribution in [3.05, 3.63) is 94.8 Å². The molecule has 0 aromatic heterocycles. The lowest BCUT2D eigenvalue weighted by atomic mass is 10.1. The van der Waals surface area contributed by atoms with Crippen LogP contribution in [0.3, 0.4) is 0 Å². The second-order valence-electron chi connectivity index (χ2n) is 8.43. The molecule has 0 spiro atoms. The summed E-state index contributed by atoms with van der Waals surface area (Å²) < 4.78 is 42.0. The molecule has 0 unspecified atom stereocenters. The predicted octanol–water partition coefficient (Wildman–Crippen LogP) is 4.54. The second kappa shape index (κ2) is 12.2. The maximum Gasteiger partial charge on any atom is 0.264 e. The molecule has 0 fully saturated rings. The van der Waals surface area contributed by atoms with E-state index in [4.69, 9.17) is 11.6 Å². The Labute approximate surface area is 221 Å². The van der Waals surface area contributed by atoms with E-state index in [0.29, 0.717) is 22.7 Å². The molecule has 1 N–H and O–H groups in total. The van der Waals surface area contributed by atoms with Gasteiger partial charge >= 0.3 is 0 Å². The lowest BCUT2D eigenvalue weighted by Gasteiger charge is -2.32. The van der Waals surface area contributed by atoms with Gasteiger partial charge in [-0.15, -0.1) is 0 Å². The molecule has 3 aromatic carbocycles. The lowest BCUT2D eigenvalue weighted by molar-refractivity contribution is -0.139. The first kappa shape index (κ1) is 28.1. The molecule has 0 saturated carbocycles. The molecule has 1 atom stereocenters. The first-order valence-corrected chi connectivity index (χ1v) is 13.5. The third-order valence-corrected chi connectivity index (χ3v) is 8.09. The number of benzene rings is 3. The number of sulfonamides is 1. The number of likely N-dealkylation sites (N-methyl/N-ethyl adjacent to an activating group) is 1. The van der Waals surface area contributed by atoms with Gasteiger partial charge in [0, 0.05) is 18.1 Å². The van der Waals surface area contributed by atoms with Gasteiger partial charge in [0.1, 0.15) is 18.4 Å². The minimum absolute atomic E-state index is 0.00374. The number of rotatable bonds is 10. The van der Waals surface area contributed by atoms with E-state index in [9.17, 15) is 22.4 Å². The van der Waals surface area contributed by atoms with E-state index in [1.165, 1.54) is 41.3 Å². The SMILES string of the molecule is CCNC(=O)[C@@H](C)N(Cc1ccc(F)cc1)C(=O)CN(c1cccc(Cl)c1C)S(=O)(=O)c1ccccc1. The first-order chi connectivity index (χ1) is 17.6. The Morgan fingerprint density at radius 1 is 1.00 bits per heavy atom. The molecule has 0 radical (unpaired) electrons. The Balaban J connectivity index is 2.06. The summed E-state index contributed by atoms with van der Waals surface area (Å²) in [5, 5.41) is 3.04. The summed E-state index contributed by atoms with van der Waals surface area (Å²) in [6.45, 7) is 4.75. The van der Waals surface area contributed by atoms with Gasteiger partial charge in [-0.1, -0.05) is 48.0 Å². The number of hydrogen-bond donors (Lipinski definition) is 1. The van der Waals surface area contributed by atoms with Gasteiger partial charge in [0.2, 0.25) is 11.8 Å². The van der Waals surface area contributed by atoms with Crippen molar-refractivity contribution >= 4 is 39.1 Å². The van der Waals surface area contributed by atoms with Crippen molar-refractivity contribution in [1.82, 2.24) is 10.2 Å². The third kappa shape index (κ3) is 6.67. The van der Waals surface area contributed by atoms with Crippen LogP contribution in [0, 0.1) is 12.7 Å². The van der Waals surface area contributed by atoms with E-state index in [0.717, 1.165) is 4.31 Å². The van der Waals surface area contributed by atoms with Crippen LogP contribution in [-0.2, 0) is 26.2 Å². The Hall–Kier alpha value is -3.43. The number of anilines is 1. The minimum atomic E-state index is -4.18. The normalized spacial score (nSPS) is 12.0. The summed E-state index contributed by atoms with van der Waals surface area (Å²) in [4.78, 5) is 27.7. The highest BCUT2D eigenvalue weighted by Gasteiger charge is 2.33. The fourth-order valence-corrected chi connectivity index (χ4v) is 5.45. The van der Waals surface area contributed by atoms with E-state index < -0.39 is 40.2 Å². The van der Waals surface area contributed by atoms with E-state index in [1.54, 1.807) is 57.2 Å². The molecule has 7 nitrogen and oxygen atoms in total. The molecule has 10 heteroatoms. The summed E-state index contributed by atoms with van der Waals surface area (Å²) in [5.74, 6) is -1.44. The van der Waals surface area contributed by atoms with Gasteiger partial charge in [0.05, 0.1) is 10.6 Å². The van der Waals surface area contributed by atoms with Crippen LogP contribution < -0.4 is 9.62 Å². The highest BCUT2D eigenvalue weighted by atomic mass is 35.5. The van der Waals surface area contributed by atoms with Gasteiger partial charge in [-0.25, -0.2) is 12.8 Å². The van der Waals surface area contributed by atoms with Crippen LogP contribution in [0.2, 0.25) is 5.02 Å². The molecule has 196 valence electrons. The van der Waals surface area contributed by atoms with Crippen molar-refractivity contribution in [2.45, 2.75) is 38.3 Å². The predicted molar refractivity (Wildman–Crippen MR) is 142 cm³/mol. The van der Waals surface area contributed by atoms with Crippen LogP contribution in [0.25, 0.3) is 0 Å². The van der Waals surface area contributed by atoms with Crippen LogP contribution >= 0.6 is 11.6 Å². The van der Waals surface area contributed by atoms with Gasteiger partial charge in [-0.2, -0.15) is 0 Å². The molecule has 0 aliphatic heterocycles. The zero-order valence-corrected chi connectivity index (χ0v) is 22.4. The third-order valence-electron chi connectivity index (χ3n) is 5.90. The molecule has 3 rings (SSSR count). The molecule has 0 aliphatic rings. The summed E-state index contributed by atoms with van der Waals surface area (Å²) >= 11 is 6.30. The van der Waals surface area contributed by atoms with Gasteiger partial charge in [-0.3, -0.25) is 13.9 Å². The molecule has 2 amide bonds. The van der Waals surface area contributed by atoms with Crippen LogP contribution in [0.5, 0.6) is 0 Å². The van der Waals surface area contributed by atoms with Gasteiger partial charge in [0.25, 0.3) is 10.0 Å². The van der Waals surface area contributed by atoms with Gasteiger partial charge in [0.15, 0.2) is 0 Å². The number of hydrogen-bond acceptors (Lipinski definition) is 4. The molecule has 0 bridgehead atoms. The summed E-state index contributed by atoms with van der Waals surface area (Å²) in [7, 11) is -4.18. The molecular formula is C27H29ClFN3O4S. The van der Waals surface area contributed by atoms with Crippen LogP contribution in [0.4, 0.5) is 10.1 Å². The highest BCUT2D eigenvalue weighted by Crippen LogP contribution is 2.31. The highest BCUT2D eigenvalue weighted by molar-refractivity contribution is 7.92. The summed E-state index contributed by atoms with van der Waals surface area (Å²) in [6.07, 6.45) is 0. The topological polar surface area (TPSA) is 86.8 Å². The molecule has 0 heterocycles. The number of carbonyl (C=O) groups is 2. The average molecular weight is 546 g/mol. The van der Waals surface area contributed by atoms with Crippen LogP contribution in [-0.4, -0.2) is 44.3 Å². The van der Waals surface area contributed by atoms with E-state index in [2.05, 4.69) is 5.32 Å². The quantitative estimate of drug-likeness (QED) is 0.405. The van der Waals surface area contributed by atoms with Gasteiger partial charge in [-0.05, 0) is 68.3 Å². The Morgan fingerprint density at radius 3 is 2.27 bits per heavy atom. The Bertz CT molecular complexity index is 1350. The zero-order chi connectivity index (χ0) is 27.2. The fourth-order valence-electron chi connectivity index (χ4n) is 3.79. The standard InChI is InChI=1S/C27H29ClFN3O4S/c1-4-30-27(34)20(3)31(17-21-13-15-22(29)16-14-21)26(33)18-32(25-12-8-11-24(28)19(25)2)37(35,36)23-9-6-5-7-10-23/h5-16,20H,4,17-18H2,1-3H3,(H,30,34)/t20-/m1/s1. The van der Waals surface area contributed by atoms with Crippen molar-refractivity contribution in [3.63, 3.8) is 0 Å². The summed E-state index contributed by atoms with van der Waals surface area (Å²) in [5.41, 5.74) is 1.32. The van der Waals surface area contributed by atoms with Crippen molar-refractivity contribution < 1.29 is 22.4 Å². The Morgan fingerprint density at radius 2 is 1.65 bits per heavy atom. The van der Waals surface area contributed by atoms with E-state index in [-0.39, 0.29) is 17.1 Å². The average Bonchev–Trinajstić information content (AvgIpc) is 2.88. The first-order valence-electron chi connectivity index (χ1n) is 11.7. The molecule has 0 saturated heterocycles. The number of nitrogens with zero attached hydrogens (tertiary/aromatic N) is 2. The summed E-state index contributed by atoms with van der Waals surface area (Å²) in [6, 6.07) is 17.2. The van der Waals surface area contributed by atoms with Crippen molar-refractivity contribution in [2.24, 2.45) is 0 Å². The maximum atomic E-state index is 13.8. The fraction of sp³-hybridized carbons (Fsp3) is 0.259. The number of carbonyl (C=O) groups excluding carboxylic acids is 2. The zero-order valence-electron chi connectivity index (χ0n) is 20.8. The second-order valence-corrected chi connectivity index (χ2v) is 10.7. The van der Waals surface area contributed by atoms with Crippen LogP contribution in [0.1, 0.15) is 25.0 Å². The van der Waals surface area contributed by atoms with E-state index >= 15 is 0 Å². The number of amides is 2. The maximum absolute atomic E-state index is 13.8. The number of nitrogens with one attached hydrogen (secondary N) is 1. The monoisotopic (exact) mass is 545 g/mol. The van der Waals surface area contributed by atoms with Crippen molar-refractivity contribution in [2.75, 3.05) is 17.4 Å². The lowest BCUT2D eigenvalue weighted by Crippen LogP contribution is -2.51. The molecule has 37 heavy (non-hydrogen) atoms. The van der Waals surface area contributed by atoms with Crippen LogP contribution in [0.15, 0.2) is 77.7 Å². The van der Waals surface area contributed by atoms with Crippen molar-refractivity contribution in [1.29, 1.82) is 0 Å². The Kier molecular flexibility index (Phi) is 9.29. The van der Waals surface area contributed by atoms with E-state index in [1.807, 2.05) is 0 Å². The largest absolute Gasteiger partial charge is 0.355 e. The smallest absolute Gasteiger partial charge is 0.264 e. The van der Waals surface area contributed by atoms with Gasteiger partial charge < -0.3 is 10.2 Å². The number of halogens is 2.